The molecular formula is C20H30ClN3O3S. The molecule has 0 bridgehead atoms. The van der Waals surface area contributed by atoms with Crippen molar-refractivity contribution in [2.75, 3.05) is 32.7 Å². The van der Waals surface area contributed by atoms with E-state index >= 15 is 0 Å². The summed E-state index contributed by atoms with van der Waals surface area (Å²) in [6, 6.07) is 4.87. The van der Waals surface area contributed by atoms with E-state index in [2.05, 4.69) is 17.1 Å². The van der Waals surface area contributed by atoms with Crippen molar-refractivity contribution >= 4 is 27.5 Å². The van der Waals surface area contributed by atoms with Crippen molar-refractivity contribution < 1.29 is 13.2 Å². The monoisotopic (exact) mass is 427 g/mol. The first kappa shape index (κ1) is 21.6. The summed E-state index contributed by atoms with van der Waals surface area (Å²) in [6.07, 6.45) is 6.01. The number of hydrogen-bond donors (Lipinski definition) is 1. The zero-order chi connectivity index (χ0) is 20.1. The lowest BCUT2D eigenvalue weighted by molar-refractivity contribution is 0.0941. The van der Waals surface area contributed by atoms with E-state index in [9.17, 15) is 13.2 Å². The summed E-state index contributed by atoms with van der Waals surface area (Å²) < 4.78 is 27.7. The van der Waals surface area contributed by atoms with Crippen molar-refractivity contribution in [2.45, 2.75) is 56.4 Å². The molecule has 0 unspecified atom stereocenters. The van der Waals surface area contributed by atoms with Gasteiger partial charge in [-0.3, -0.25) is 9.69 Å². The number of benzene rings is 1. The fraction of sp³-hybridized carbons (Fsp3) is 0.650. The highest BCUT2D eigenvalue weighted by molar-refractivity contribution is 7.89. The number of sulfonamides is 1. The maximum absolute atomic E-state index is 13.1. The van der Waals surface area contributed by atoms with Gasteiger partial charge < -0.3 is 5.32 Å². The first-order chi connectivity index (χ1) is 13.4. The maximum atomic E-state index is 13.1. The number of hydrogen-bond acceptors (Lipinski definition) is 4. The smallest absolute Gasteiger partial charge is 0.251 e. The highest BCUT2D eigenvalue weighted by Crippen LogP contribution is 2.27. The van der Waals surface area contributed by atoms with E-state index in [0.29, 0.717) is 31.2 Å². The lowest BCUT2D eigenvalue weighted by Gasteiger charge is -2.23. The fourth-order valence-corrected chi connectivity index (χ4v) is 6.14. The Kier molecular flexibility index (Phi) is 7.36. The van der Waals surface area contributed by atoms with Gasteiger partial charge in [-0.1, -0.05) is 31.4 Å². The van der Waals surface area contributed by atoms with Gasteiger partial charge in [-0.15, -0.1) is 0 Å². The van der Waals surface area contributed by atoms with E-state index in [1.807, 2.05) is 0 Å². The van der Waals surface area contributed by atoms with Crippen molar-refractivity contribution in [3.8, 4) is 0 Å². The standard InChI is InChI=1S/C20H30ClN3O3S/c1-2-23-11-7-8-17(23)15-22-20(25)16-9-10-18(21)19(14-16)28(26,27)24-12-5-3-4-6-13-24/h9-10,14,17H,2-8,11-13,15H2,1H3,(H,22,25)/t17-/m1/s1. The molecule has 1 aromatic rings. The van der Waals surface area contributed by atoms with Crippen LogP contribution in [-0.4, -0.2) is 62.3 Å². The number of nitrogens with one attached hydrogen (secondary N) is 1. The molecule has 0 aromatic heterocycles. The molecular weight excluding hydrogens is 398 g/mol. The van der Waals surface area contributed by atoms with Crippen LogP contribution in [0.5, 0.6) is 0 Å². The molecule has 156 valence electrons. The topological polar surface area (TPSA) is 69.7 Å². The van der Waals surface area contributed by atoms with Crippen LogP contribution in [0.3, 0.4) is 0 Å². The molecule has 1 N–H and O–H groups in total. The number of nitrogens with zero attached hydrogens (tertiary/aromatic N) is 2. The molecule has 0 spiro atoms. The molecule has 2 saturated heterocycles. The van der Waals surface area contributed by atoms with Crippen molar-refractivity contribution in [3.63, 3.8) is 0 Å². The normalized spacial score (nSPS) is 22.1. The van der Waals surface area contributed by atoms with Gasteiger partial charge in [0.05, 0.1) is 5.02 Å². The summed E-state index contributed by atoms with van der Waals surface area (Å²) >= 11 is 6.22. The minimum atomic E-state index is -3.70. The first-order valence-corrected chi connectivity index (χ1v) is 12.1. The SMILES string of the molecule is CCN1CCC[C@@H]1CNC(=O)c1ccc(Cl)c(S(=O)(=O)N2CCCCCC2)c1. The molecule has 0 radical (unpaired) electrons. The van der Waals surface area contributed by atoms with Gasteiger partial charge in [0.2, 0.25) is 10.0 Å². The third-order valence-electron chi connectivity index (χ3n) is 5.78. The van der Waals surface area contributed by atoms with Crippen molar-refractivity contribution in [2.24, 2.45) is 0 Å². The van der Waals surface area contributed by atoms with Crippen LogP contribution in [0, 0.1) is 0 Å². The van der Waals surface area contributed by atoms with Gasteiger partial charge >= 0.3 is 0 Å². The Morgan fingerprint density at radius 2 is 1.86 bits per heavy atom. The molecule has 6 nitrogen and oxygen atoms in total. The molecule has 28 heavy (non-hydrogen) atoms. The molecule has 1 amide bonds. The lowest BCUT2D eigenvalue weighted by atomic mass is 10.2. The lowest BCUT2D eigenvalue weighted by Crippen LogP contribution is -2.40. The largest absolute Gasteiger partial charge is 0.350 e. The van der Waals surface area contributed by atoms with Crippen molar-refractivity contribution in [3.05, 3.63) is 28.8 Å². The van der Waals surface area contributed by atoms with Gasteiger partial charge in [0.15, 0.2) is 0 Å². The van der Waals surface area contributed by atoms with E-state index < -0.39 is 10.0 Å². The Balaban J connectivity index is 1.74. The summed E-state index contributed by atoms with van der Waals surface area (Å²) in [5.41, 5.74) is 0.332. The van der Waals surface area contributed by atoms with E-state index in [0.717, 1.165) is 51.6 Å². The molecule has 2 aliphatic heterocycles. The van der Waals surface area contributed by atoms with E-state index in [1.165, 1.54) is 16.4 Å². The summed E-state index contributed by atoms with van der Waals surface area (Å²) in [7, 11) is -3.70. The minimum Gasteiger partial charge on any atom is -0.350 e. The number of halogens is 1. The highest BCUT2D eigenvalue weighted by Gasteiger charge is 2.28. The molecule has 2 fully saturated rings. The zero-order valence-electron chi connectivity index (χ0n) is 16.5. The second kappa shape index (κ2) is 9.57. The molecule has 0 saturated carbocycles. The predicted molar refractivity (Wildman–Crippen MR) is 111 cm³/mol. The maximum Gasteiger partial charge on any atom is 0.251 e. The molecule has 2 aliphatic rings. The summed E-state index contributed by atoms with van der Waals surface area (Å²) in [5.74, 6) is -0.257. The third kappa shape index (κ3) is 4.87. The van der Waals surface area contributed by atoms with Gasteiger partial charge in [0.1, 0.15) is 4.90 Å². The fourth-order valence-electron chi connectivity index (χ4n) is 4.12. The second-order valence-corrected chi connectivity index (χ2v) is 9.91. The Labute approximate surface area is 173 Å². The zero-order valence-corrected chi connectivity index (χ0v) is 18.1. The van der Waals surface area contributed by atoms with Crippen LogP contribution in [-0.2, 0) is 10.0 Å². The van der Waals surface area contributed by atoms with Crippen LogP contribution in [0.2, 0.25) is 5.02 Å². The van der Waals surface area contributed by atoms with Crippen molar-refractivity contribution in [1.29, 1.82) is 0 Å². The van der Waals surface area contributed by atoms with Crippen molar-refractivity contribution in [1.82, 2.24) is 14.5 Å². The van der Waals surface area contributed by atoms with Crippen LogP contribution < -0.4 is 5.32 Å². The number of amides is 1. The number of likely N-dealkylation sites (N-methyl/N-ethyl adjacent to an activating group) is 1. The van der Waals surface area contributed by atoms with E-state index in [4.69, 9.17) is 11.6 Å². The summed E-state index contributed by atoms with van der Waals surface area (Å²) in [5, 5.41) is 3.12. The molecule has 8 heteroatoms. The average Bonchev–Trinajstić information content (AvgIpc) is 2.96. The molecule has 1 atom stereocenters. The third-order valence-corrected chi connectivity index (χ3v) is 8.16. The van der Waals surface area contributed by atoms with Crippen LogP contribution in [0.15, 0.2) is 23.1 Å². The molecule has 1 aromatic carbocycles. The molecule has 2 heterocycles. The number of carbonyl (C=O) groups excluding carboxylic acids is 1. The highest BCUT2D eigenvalue weighted by atomic mass is 35.5. The summed E-state index contributed by atoms with van der Waals surface area (Å²) in [4.78, 5) is 15.0. The van der Waals surface area contributed by atoms with Gasteiger partial charge in [-0.25, -0.2) is 8.42 Å². The van der Waals surface area contributed by atoms with Gasteiger partial charge in [0.25, 0.3) is 5.91 Å². The van der Waals surface area contributed by atoms with Crippen LogP contribution in [0.25, 0.3) is 0 Å². The first-order valence-electron chi connectivity index (χ1n) is 10.3. The van der Waals surface area contributed by atoms with Crippen LogP contribution in [0.1, 0.15) is 55.8 Å². The van der Waals surface area contributed by atoms with Gasteiger partial charge in [-0.2, -0.15) is 4.31 Å². The van der Waals surface area contributed by atoms with Crippen LogP contribution >= 0.6 is 11.6 Å². The molecule has 3 rings (SSSR count). The Bertz CT molecular complexity index is 792. The van der Waals surface area contributed by atoms with Crippen LogP contribution in [0.4, 0.5) is 0 Å². The quantitative estimate of drug-likeness (QED) is 0.757. The number of rotatable bonds is 6. The van der Waals surface area contributed by atoms with E-state index in [1.54, 1.807) is 6.07 Å². The van der Waals surface area contributed by atoms with E-state index in [-0.39, 0.29) is 15.8 Å². The van der Waals surface area contributed by atoms with Gasteiger partial charge in [-0.05, 0) is 57.0 Å². The van der Waals surface area contributed by atoms with Gasteiger partial charge in [0, 0.05) is 31.2 Å². The summed E-state index contributed by atoms with van der Waals surface area (Å²) in [6.45, 7) is 5.74. The predicted octanol–water partition coefficient (Wildman–Crippen LogP) is 3.12. The Morgan fingerprint density at radius 3 is 2.54 bits per heavy atom. The Hall–Kier alpha value is -1.15. The average molecular weight is 428 g/mol. The number of likely N-dealkylation sites (tertiary alicyclic amines) is 1. The Morgan fingerprint density at radius 1 is 1.14 bits per heavy atom. The minimum absolute atomic E-state index is 0.0276. The second-order valence-electron chi connectivity index (χ2n) is 7.60. The molecule has 0 aliphatic carbocycles. The number of carbonyl (C=O) groups is 1.